The van der Waals surface area contributed by atoms with Gasteiger partial charge in [-0.3, -0.25) is 9.59 Å². The topological polar surface area (TPSA) is 55.8 Å². The monoisotopic (exact) mass is 561 g/mol. The SMILES string of the molecule is COC(=O)C1CC2CCCC(C1)C2N1CC(C(O[SiH](c2ccccc2)c2ccccc2)C(C)(C)C)C(C)(C)C1=O. The Morgan fingerprint density at radius 1 is 0.950 bits per heavy atom. The van der Waals surface area contributed by atoms with Crippen molar-refractivity contribution in [3.8, 4) is 0 Å². The second kappa shape index (κ2) is 11.4. The van der Waals surface area contributed by atoms with Crippen LogP contribution in [-0.4, -0.2) is 51.6 Å². The van der Waals surface area contributed by atoms with Crippen LogP contribution >= 0.6 is 0 Å². The second-order valence-corrected chi connectivity index (χ2v) is 16.4. The van der Waals surface area contributed by atoms with Crippen molar-refractivity contribution in [1.82, 2.24) is 4.90 Å². The van der Waals surface area contributed by atoms with E-state index in [4.69, 9.17) is 9.16 Å². The summed E-state index contributed by atoms with van der Waals surface area (Å²) in [6.45, 7) is 11.8. The first-order valence-corrected chi connectivity index (χ1v) is 16.8. The molecular formula is C34H47NO4Si. The molecule has 0 N–H and O–H groups in total. The number of likely N-dealkylation sites (tertiary alicyclic amines) is 1. The number of amides is 1. The lowest BCUT2D eigenvalue weighted by molar-refractivity contribution is -0.151. The van der Waals surface area contributed by atoms with Crippen molar-refractivity contribution in [2.45, 2.75) is 78.9 Å². The van der Waals surface area contributed by atoms with Crippen LogP contribution in [0.3, 0.4) is 0 Å². The van der Waals surface area contributed by atoms with Crippen LogP contribution in [0.5, 0.6) is 0 Å². The highest BCUT2D eigenvalue weighted by molar-refractivity contribution is 6.80. The molecule has 6 heteroatoms. The first-order valence-electron chi connectivity index (χ1n) is 15.2. The summed E-state index contributed by atoms with van der Waals surface area (Å²) in [5, 5.41) is 2.52. The first-order chi connectivity index (χ1) is 19.0. The number of carbonyl (C=O) groups is 2. The van der Waals surface area contributed by atoms with Gasteiger partial charge in [-0.2, -0.15) is 0 Å². The van der Waals surface area contributed by atoms with Gasteiger partial charge in [0.2, 0.25) is 14.9 Å². The molecule has 0 spiro atoms. The molecule has 1 aliphatic heterocycles. The van der Waals surface area contributed by atoms with Crippen molar-refractivity contribution in [1.29, 1.82) is 0 Å². The lowest BCUT2D eigenvalue weighted by atomic mass is 9.64. The van der Waals surface area contributed by atoms with Gasteiger partial charge in [0.25, 0.3) is 0 Å². The maximum Gasteiger partial charge on any atom is 0.308 e. The molecule has 3 aliphatic rings. The molecule has 5 rings (SSSR count). The van der Waals surface area contributed by atoms with Gasteiger partial charge in [-0.05, 0) is 53.3 Å². The molecule has 1 amide bonds. The standard InChI is InChI=1S/C34H47NO4Si/c1-33(2,3)30(39-40(26-16-9-7-10-17-26)27-18-11-8-12-19-27)28-22-35(32(37)34(28,4)5)29-23-14-13-15-24(29)21-25(20-23)31(36)38-6/h7-12,16-19,23-25,28-30,40H,13-15,20-22H2,1-6H3. The Labute approximate surface area is 242 Å². The van der Waals surface area contributed by atoms with Crippen LogP contribution in [0.25, 0.3) is 0 Å². The van der Waals surface area contributed by atoms with Crippen LogP contribution in [-0.2, 0) is 18.8 Å². The van der Waals surface area contributed by atoms with Gasteiger partial charge >= 0.3 is 5.97 Å². The van der Waals surface area contributed by atoms with E-state index in [0.29, 0.717) is 11.8 Å². The van der Waals surface area contributed by atoms with Gasteiger partial charge in [-0.15, -0.1) is 0 Å². The fourth-order valence-corrected chi connectivity index (χ4v) is 10.7. The number of hydrogen-bond acceptors (Lipinski definition) is 4. The molecule has 5 nitrogen and oxygen atoms in total. The van der Waals surface area contributed by atoms with E-state index >= 15 is 0 Å². The number of fused-ring (bicyclic) bond motifs is 2. The molecule has 1 saturated heterocycles. The number of carbonyl (C=O) groups excluding carboxylic acids is 2. The summed E-state index contributed by atoms with van der Waals surface area (Å²) < 4.78 is 12.5. The average Bonchev–Trinajstić information content (AvgIpc) is 3.16. The summed E-state index contributed by atoms with van der Waals surface area (Å²) in [5.41, 5.74) is -0.677. The maximum atomic E-state index is 14.3. The van der Waals surface area contributed by atoms with E-state index in [-0.39, 0.29) is 41.3 Å². The number of ether oxygens (including phenoxy) is 1. The van der Waals surface area contributed by atoms with E-state index in [0.717, 1.165) is 32.2 Å². The van der Waals surface area contributed by atoms with E-state index < -0.39 is 14.5 Å². The zero-order valence-corrected chi connectivity index (χ0v) is 26.3. The molecule has 0 aromatic heterocycles. The summed E-state index contributed by atoms with van der Waals surface area (Å²) in [4.78, 5) is 29.0. The van der Waals surface area contributed by atoms with Gasteiger partial charge in [-0.1, -0.05) is 102 Å². The minimum atomic E-state index is -2.02. The number of methoxy groups -OCH3 is 1. The van der Waals surface area contributed by atoms with E-state index in [1.165, 1.54) is 23.9 Å². The Morgan fingerprint density at radius 2 is 1.48 bits per heavy atom. The van der Waals surface area contributed by atoms with Gasteiger partial charge < -0.3 is 14.1 Å². The van der Waals surface area contributed by atoms with Crippen LogP contribution in [0.1, 0.15) is 66.7 Å². The molecule has 1 heterocycles. The molecule has 40 heavy (non-hydrogen) atoms. The Hall–Kier alpha value is -2.44. The highest BCUT2D eigenvalue weighted by atomic mass is 28.3. The van der Waals surface area contributed by atoms with E-state index in [1.807, 2.05) is 0 Å². The summed E-state index contributed by atoms with van der Waals surface area (Å²) in [7, 11) is -0.526. The lowest BCUT2D eigenvalue weighted by Crippen LogP contribution is -2.54. The fraction of sp³-hybridized carbons (Fsp3) is 0.588. The highest BCUT2D eigenvalue weighted by Gasteiger charge is 2.58. The predicted molar refractivity (Wildman–Crippen MR) is 162 cm³/mol. The number of esters is 1. The van der Waals surface area contributed by atoms with Crippen molar-refractivity contribution >= 4 is 31.3 Å². The molecule has 4 atom stereocenters. The largest absolute Gasteiger partial charge is 0.469 e. The van der Waals surface area contributed by atoms with E-state index in [1.54, 1.807) is 0 Å². The van der Waals surface area contributed by atoms with Crippen molar-refractivity contribution < 1.29 is 18.8 Å². The fourth-order valence-electron chi connectivity index (χ4n) is 8.02. The smallest absolute Gasteiger partial charge is 0.308 e. The molecule has 2 bridgehead atoms. The van der Waals surface area contributed by atoms with Crippen molar-refractivity contribution in [2.75, 3.05) is 13.7 Å². The molecule has 3 fully saturated rings. The molecule has 2 aromatic rings. The Balaban J connectivity index is 1.46. The van der Waals surface area contributed by atoms with Gasteiger partial charge in [0.1, 0.15) is 0 Å². The minimum absolute atomic E-state index is 0.0350. The number of rotatable bonds is 7. The average molecular weight is 562 g/mol. The van der Waals surface area contributed by atoms with Crippen LogP contribution in [0.4, 0.5) is 0 Å². The lowest BCUT2D eigenvalue weighted by Gasteiger charge is -2.49. The Kier molecular flexibility index (Phi) is 8.31. The molecule has 0 radical (unpaired) electrons. The normalized spacial score (nSPS) is 28.9. The van der Waals surface area contributed by atoms with Crippen molar-refractivity contribution in [3.63, 3.8) is 0 Å². The van der Waals surface area contributed by atoms with Crippen molar-refractivity contribution in [2.24, 2.45) is 34.5 Å². The zero-order valence-electron chi connectivity index (χ0n) is 25.1. The van der Waals surface area contributed by atoms with E-state index in [2.05, 4.69) is 100 Å². The van der Waals surface area contributed by atoms with Gasteiger partial charge in [0.15, 0.2) is 0 Å². The second-order valence-electron chi connectivity index (χ2n) is 14.0. The molecule has 216 valence electrons. The number of hydrogen-bond donors (Lipinski definition) is 0. The Bertz CT molecular complexity index is 1120. The predicted octanol–water partition coefficient (Wildman–Crippen LogP) is 4.81. The van der Waals surface area contributed by atoms with Crippen LogP contribution in [0, 0.1) is 34.5 Å². The summed E-state index contributed by atoms with van der Waals surface area (Å²) >= 11 is 0. The van der Waals surface area contributed by atoms with Crippen LogP contribution < -0.4 is 10.4 Å². The van der Waals surface area contributed by atoms with Crippen LogP contribution in [0.15, 0.2) is 60.7 Å². The number of benzene rings is 2. The van der Waals surface area contributed by atoms with Gasteiger partial charge in [0, 0.05) is 18.5 Å². The first kappa shape index (κ1) is 29.1. The highest BCUT2D eigenvalue weighted by Crippen LogP contribution is 2.51. The molecule has 2 aromatic carbocycles. The number of nitrogens with zero attached hydrogens (tertiary/aromatic N) is 1. The van der Waals surface area contributed by atoms with Gasteiger partial charge in [-0.25, -0.2) is 0 Å². The van der Waals surface area contributed by atoms with Crippen molar-refractivity contribution in [3.05, 3.63) is 60.7 Å². The molecule has 2 aliphatic carbocycles. The van der Waals surface area contributed by atoms with Gasteiger partial charge in [0.05, 0.1) is 24.5 Å². The quantitative estimate of drug-likeness (QED) is 0.360. The van der Waals surface area contributed by atoms with Crippen LogP contribution in [0.2, 0.25) is 0 Å². The molecular weight excluding hydrogens is 514 g/mol. The summed E-state index contributed by atoms with van der Waals surface area (Å²) in [6.07, 6.45) is 4.93. The maximum absolute atomic E-state index is 14.3. The third-order valence-corrected chi connectivity index (χ3v) is 12.6. The third kappa shape index (κ3) is 5.54. The summed E-state index contributed by atoms with van der Waals surface area (Å²) in [6, 6.07) is 21.5. The molecule has 4 unspecified atom stereocenters. The summed E-state index contributed by atoms with van der Waals surface area (Å²) in [5.74, 6) is 0.931. The minimum Gasteiger partial charge on any atom is -0.469 e. The molecule has 2 saturated carbocycles. The third-order valence-electron chi connectivity index (χ3n) is 10.0. The van der Waals surface area contributed by atoms with E-state index in [9.17, 15) is 9.59 Å². The Morgan fingerprint density at radius 3 is 1.95 bits per heavy atom. The zero-order chi connectivity index (χ0) is 28.7.